The van der Waals surface area contributed by atoms with Gasteiger partial charge in [0, 0.05) is 7.11 Å². The first kappa shape index (κ1) is 17.1. The smallest absolute Gasteiger partial charge is 0.177 e. The summed E-state index contributed by atoms with van der Waals surface area (Å²) in [5.74, 6) is 0.0526. The van der Waals surface area contributed by atoms with E-state index in [1.165, 1.54) is 7.11 Å². The summed E-state index contributed by atoms with van der Waals surface area (Å²) in [6, 6.07) is 20.6. The number of methoxy groups -OCH3 is 1. The van der Waals surface area contributed by atoms with Crippen molar-refractivity contribution in [1.82, 2.24) is 9.97 Å². The minimum Gasteiger partial charge on any atom is -0.508 e. The average molecular weight is 342 g/mol. The van der Waals surface area contributed by atoms with Gasteiger partial charge in [0.05, 0.1) is 11.4 Å². The molecule has 1 N–H and O–H groups in total. The van der Waals surface area contributed by atoms with Crippen LogP contribution in [0.5, 0.6) is 5.75 Å². The highest BCUT2D eigenvalue weighted by molar-refractivity contribution is 5.46. The Bertz CT molecular complexity index is 977. The molecule has 0 radical (unpaired) electrons. The van der Waals surface area contributed by atoms with Gasteiger partial charge in [-0.15, -0.1) is 0 Å². The zero-order valence-electron chi connectivity index (χ0n) is 13.9. The van der Waals surface area contributed by atoms with E-state index in [1.54, 1.807) is 60.7 Å². The number of nitriles is 2. The standard InChI is InChI=1S/C20H14N4O2/c1-26-20(14-5-2-8-17(25)11-14,18-9-3-6-15(12-21)23-18)19-10-4-7-16(13-22)24-19/h2-11,25H,1H3. The van der Waals surface area contributed by atoms with Crippen LogP contribution >= 0.6 is 0 Å². The summed E-state index contributed by atoms with van der Waals surface area (Å²) >= 11 is 0. The fourth-order valence-electron chi connectivity index (χ4n) is 2.86. The third kappa shape index (κ3) is 2.86. The largest absolute Gasteiger partial charge is 0.508 e. The van der Waals surface area contributed by atoms with Gasteiger partial charge in [-0.25, -0.2) is 9.97 Å². The minimum absolute atomic E-state index is 0.0526. The second kappa shape index (κ2) is 7.02. The molecule has 3 aromatic rings. The fourth-order valence-corrected chi connectivity index (χ4v) is 2.86. The highest BCUT2D eigenvalue weighted by Crippen LogP contribution is 2.39. The van der Waals surface area contributed by atoms with Crippen molar-refractivity contribution in [2.45, 2.75) is 5.60 Å². The lowest BCUT2D eigenvalue weighted by atomic mass is 9.85. The summed E-state index contributed by atoms with van der Waals surface area (Å²) in [5.41, 5.74) is 0.573. The van der Waals surface area contributed by atoms with E-state index >= 15 is 0 Å². The highest BCUT2D eigenvalue weighted by Gasteiger charge is 2.40. The Kier molecular flexibility index (Phi) is 4.62. The van der Waals surface area contributed by atoms with Gasteiger partial charge in [-0.1, -0.05) is 24.3 Å². The van der Waals surface area contributed by atoms with Gasteiger partial charge in [0.25, 0.3) is 0 Å². The second-order valence-corrected chi connectivity index (χ2v) is 5.48. The lowest BCUT2D eigenvalue weighted by Crippen LogP contribution is -2.34. The lowest BCUT2D eigenvalue weighted by Gasteiger charge is -2.32. The molecule has 0 fully saturated rings. The topological polar surface area (TPSA) is 103 Å². The zero-order chi connectivity index (χ0) is 18.6. The van der Waals surface area contributed by atoms with Crippen molar-refractivity contribution >= 4 is 0 Å². The number of rotatable bonds is 4. The monoisotopic (exact) mass is 342 g/mol. The van der Waals surface area contributed by atoms with Crippen molar-refractivity contribution in [3.63, 3.8) is 0 Å². The summed E-state index contributed by atoms with van der Waals surface area (Å²) < 4.78 is 5.90. The lowest BCUT2D eigenvalue weighted by molar-refractivity contribution is 0.0508. The molecule has 0 saturated carbocycles. The van der Waals surface area contributed by atoms with E-state index < -0.39 is 5.60 Å². The number of aromatic hydroxyl groups is 1. The first-order chi connectivity index (χ1) is 12.6. The van der Waals surface area contributed by atoms with E-state index in [-0.39, 0.29) is 17.1 Å². The Labute approximate surface area is 150 Å². The summed E-state index contributed by atoms with van der Waals surface area (Å²) in [6.07, 6.45) is 0. The Morgan fingerprint density at radius 3 is 1.88 bits per heavy atom. The van der Waals surface area contributed by atoms with Gasteiger partial charge in [-0.05, 0) is 42.0 Å². The summed E-state index contributed by atoms with van der Waals surface area (Å²) in [4.78, 5) is 8.76. The number of phenols is 1. The van der Waals surface area contributed by atoms with E-state index in [2.05, 4.69) is 9.97 Å². The zero-order valence-corrected chi connectivity index (χ0v) is 13.9. The predicted octanol–water partition coefficient (Wildman–Crippen LogP) is 2.86. The maximum Gasteiger partial charge on any atom is 0.177 e. The van der Waals surface area contributed by atoms with Gasteiger partial charge in [0.2, 0.25) is 0 Å². The highest BCUT2D eigenvalue weighted by atomic mass is 16.5. The molecule has 6 heteroatoms. The van der Waals surface area contributed by atoms with Gasteiger partial charge >= 0.3 is 0 Å². The Hall–Kier alpha value is -3.74. The van der Waals surface area contributed by atoms with Gasteiger partial charge in [0.15, 0.2) is 5.60 Å². The molecule has 0 aliphatic carbocycles. The van der Waals surface area contributed by atoms with E-state index in [4.69, 9.17) is 4.74 Å². The normalized spacial score (nSPS) is 10.7. The Morgan fingerprint density at radius 1 is 0.885 bits per heavy atom. The van der Waals surface area contributed by atoms with Gasteiger partial charge < -0.3 is 9.84 Å². The maximum absolute atomic E-state index is 9.97. The molecule has 2 aromatic heterocycles. The van der Waals surface area contributed by atoms with Crippen LogP contribution in [0.2, 0.25) is 0 Å². The van der Waals surface area contributed by atoms with Crippen molar-refractivity contribution in [3.8, 4) is 17.9 Å². The average Bonchev–Trinajstić information content (AvgIpc) is 2.69. The van der Waals surface area contributed by atoms with Crippen LogP contribution < -0.4 is 0 Å². The second-order valence-electron chi connectivity index (χ2n) is 5.48. The molecule has 126 valence electrons. The van der Waals surface area contributed by atoms with Crippen molar-refractivity contribution in [2.75, 3.05) is 7.11 Å². The van der Waals surface area contributed by atoms with E-state index in [1.807, 2.05) is 12.1 Å². The molecule has 1 aromatic carbocycles. The van der Waals surface area contributed by atoms with Gasteiger partial charge in [-0.3, -0.25) is 0 Å². The number of phenolic OH excluding ortho intramolecular Hbond substituents is 1. The molecular formula is C20H14N4O2. The Balaban J connectivity index is 2.37. The summed E-state index contributed by atoms with van der Waals surface area (Å²) in [6.45, 7) is 0. The number of pyridine rings is 2. The van der Waals surface area contributed by atoms with Crippen LogP contribution in [0.25, 0.3) is 0 Å². The van der Waals surface area contributed by atoms with Crippen LogP contribution in [-0.2, 0) is 10.3 Å². The fraction of sp³-hybridized carbons (Fsp3) is 0.100. The molecule has 0 unspecified atom stereocenters. The van der Waals surface area contributed by atoms with Crippen LogP contribution in [0.3, 0.4) is 0 Å². The molecule has 0 aliphatic heterocycles. The van der Waals surface area contributed by atoms with Crippen molar-refractivity contribution in [2.24, 2.45) is 0 Å². The quantitative estimate of drug-likeness (QED) is 0.782. The molecule has 26 heavy (non-hydrogen) atoms. The third-order valence-corrected chi connectivity index (χ3v) is 4.01. The molecule has 6 nitrogen and oxygen atoms in total. The third-order valence-electron chi connectivity index (χ3n) is 4.01. The molecule has 0 amide bonds. The molecular weight excluding hydrogens is 328 g/mol. The maximum atomic E-state index is 9.97. The number of nitrogens with zero attached hydrogens (tertiary/aromatic N) is 4. The molecule has 0 spiro atoms. The molecule has 0 aliphatic rings. The number of ether oxygens (including phenoxy) is 1. The summed E-state index contributed by atoms with van der Waals surface area (Å²) in [5, 5.41) is 28.4. The molecule has 0 atom stereocenters. The predicted molar refractivity (Wildman–Crippen MR) is 92.9 cm³/mol. The SMILES string of the molecule is COC(c1cccc(O)c1)(c1cccc(C#N)n1)c1cccc(C#N)n1. The number of aromatic nitrogens is 2. The van der Waals surface area contributed by atoms with Gasteiger partial charge in [0.1, 0.15) is 29.3 Å². The van der Waals surface area contributed by atoms with Crippen molar-refractivity contribution in [1.29, 1.82) is 10.5 Å². The number of hydrogen-bond donors (Lipinski definition) is 1. The van der Waals surface area contributed by atoms with Crippen LogP contribution in [-0.4, -0.2) is 22.2 Å². The first-order valence-electron chi connectivity index (χ1n) is 7.74. The van der Waals surface area contributed by atoms with Crippen LogP contribution in [0, 0.1) is 22.7 Å². The van der Waals surface area contributed by atoms with Crippen molar-refractivity contribution in [3.05, 3.63) is 89.0 Å². The van der Waals surface area contributed by atoms with E-state index in [0.29, 0.717) is 17.0 Å². The van der Waals surface area contributed by atoms with E-state index in [9.17, 15) is 15.6 Å². The van der Waals surface area contributed by atoms with Crippen LogP contribution in [0.4, 0.5) is 0 Å². The summed E-state index contributed by atoms with van der Waals surface area (Å²) in [7, 11) is 1.49. The van der Waals surface area contributed by atoms with Crippen LogP contribution in [0.15, 0.2) is 60.7 Å². The molecule has 2 heterocycles. The number of hydrogen-bond acceptors (Lipinski definition) is 6. The van der Waals surface area contributed by atoms with E-state index in [0.717, 1.165) is 0 Å². The minimum atomic E-state index is -1.29. The molecule has 0 bridgehead atoms. The molecule has 0 saturated heterocycles. The molecule has 3 rings (SSSR count). The van der Waals surface area contributed by atoms with Crippen LogP contribution in [0.1, 0.15) is 28.3 Å². The first-order valence-corrected chi connectivity index (χ1v) is 7.74. The Morgan fingerprint density at radius 2 is 1.42 bits per heavy atom. The van der Waals surface area contributed by atoms with Gasteiger partial charge in [-0.2, -0.15) is 10.5 Å². The number of benzene rings is 1. The van der Waals surface area contributed by atoms with Crippen molar-refractivity contribution < 1.29 is 9.84 Å².